The Morgan fingerprint density at radius 1 is 1.40 bits per heavy atom. The predicted octanol–water partition coefficient (Wildman–Crippen LogP) is 0.982. The second-order valence-electron chi connectivity index (χ2n) is 5.50. The van der Waals surface area contributed by atoms with E-state index in [9.17, 15) is 9.59 Å². The summed E-state index contributed by atoms with van der Waals surface area (Å²) in [5, 5.41) is 5.38. The number of nitrogens with two attached hydrogens (primary N) is 1. The van der Waals surface area contributed by atoms with Crippen LogP contribution in [0, 0.1) is 5.41 Å². The summed E-state index contributed by atoms with van der Waals surface area (Å²) in [7, 11) is 1.58. The number of aromatic nitrogens is 1. The van der Waals surface area contributed by atoms with Crippen LogP contribution in [0.4, 0.5) is 5.69 Å². The molecule has 0 aliphatic rings. The number of carbonyl (C=O) groups excluding carboxylic acids is 2. The molecule has 6 nitrogen and oxygen atoms in total. The minimum atomic E-state index is -0.655. The minimum Gasteiger partial charge on any atom is -0.397 e. The van der Waals surface area contributed by atoms with Gasteiger partial charge in [-0.2, -0.15) is 0 Å². The van der Waals surface area contributed by atoms with E-state index in [4.69, 9.17) is 5.73 Å². The van der Waals surface area contributed by atoms with Crippen molar-refractivity contribution in [3.05, 3.63) is 18.0 Å². The van der Waals surface area contributed by atoms with Gasteiger partial charge in [-0.3, -0.25) is 9.59 Å². The number of hydrogen-bond donors (Lipinski definition) is 3. The normalized spacial score (nSPS) is 11.2. The maximum atomic E-state index is 12.2. The Kier molecular flexibility index (Phi) is 5.19. The minimum absolute atomic E-state index is 0.110. The lowest BCUT2D eigenvalue weighted by molar-refractivity contribution is -0.128. The van der Waals surface area contributed by atoms with Crippen LogP contribution in [0.2, 0.25) is 0 Å². The molecule has 0 saturated carbocycles. The maximum Gasteiger partial charge on any atom is 0.268 e. The fourth-order valence-electron chi connectivity index (χ4n) is 1.96. The van der Waals surface area contributed by atoms with Crippen LogP contribution >= 0.6 is 0 Å². The Morgan fingerprint density at radius 2 is 2.05 bits per heavy atom. The fraction of sp³-hybridized carbons (Fsp3) is 0.571. The second-order valence-corrected chi connectivity index (χ2v) is 5.50. The zero-order chi connectivity index (χ0) is 15.3. The van der Waals surface area contributed by atoms with Gasteiger partial charge in [0.25, 0.3) is 5.91 Å². The summed E-state index contributed by atoms with van der Waals surface area (Å²) < 4.78 is 1.83. The van der Waals surface area contributed by atoms with Crippen molar-refractivity contribution in [1.82, 2.24) is 15.2 Å². The van der Waals surface area contributed by atoms with Gasteiger partial charge < -0.3 is 20.9 Å². The molecular formula is C14H24N4O2. The molecule has 0 aliphatic heterocycles. The Bertz CT molecular complexity index is 491. The van der Waals surface area contributed by atoms with Crippen molar-refractivity contribution in [1.29, 1.82) is 0 Å². The van der Waals surface area contributed by atoms with Gasteiger partial charge in [0.2, 0.25) is 5.91 Å². The molecule has 0 radical (unpaired) electrons. The van der Waals surface area contributed by atoms with Crippen LogP contribution in [0.15, 0.2) is 12.3 Å². The highest BCUT2D eigenvalue weighted by atomic mass is 16.2. The van der Waals surface area contributed by atoms with Crippen molar-refractivity contribution in [3.8, 4) is 0 Å². The molecule has 0 aliphatic carbocycles. The average molecular weight is 280 g/mol. The number of aryl methyl sites for hydroxylation is 1. The lowest BCUT2D eigenvalue weighted by atomic mass is 9.92. The highest BCUT2D eigenvalue weighted by Gasteiger charge is 2.27. The summed E-state index contributed by atoms with van der Waals surface area (Å²) in [6.07, 6.45) is 2.67. The average Bonchev–Trinajstić information content (AvgIpc) is 2.76. The molecular weight excluding hydrogens is 256 g/mol. The van der Waals surface area contributed by atoms with Gasteiger partial charge in [0.1, 0.15) is 5.69 Å². The van der Waals surface area contributed by atoms with E-state index in [-0.39, 0.29) is 18.4 Å². The Morgan fingerprint density at radius 3 is 2.60 bits per heavy atom. The molecule has 0 aromatic carbocycles. The lowest BCUT2D eigenvalue weighted by Crippen LogP contribution is -2.44. The largest absolute Gasteiger partial charge is 0.397 e. The molecule has 112 valence electrons. The van der Waals surface area contributed by atoms with Gasteiger partial charge in [-0.05, 0) is 26.3 Å². The fourth-order valence-corrected chi connectivity index (χ4v) is 1.96. The summed E-state index contributed by atoms with van der Waals surface area (Å²) in [5.74, 6) is -0.326. The number of nitrogens with zero attached hydrogens (tertiary/aromatic N) is 1. The number of nitrogen functional groups attached to an aromatic ring is 1. The summed E-state index contributed by atoms with van der Waals surface area (Å²) in [6, 6.07) is 1.65. The molecule has 4 N–H and O–H groups in total. The second kappa shape index (κ2) is 6.45. The zero-order valence-electron chi connectivity index (χ0n) is 12.6. The van der Waals surface area contributed by atoms with E-state index in [0.717, 1.165) is 13.0 Å². The van der Waals surface area contributed by atoms with Crippen LogP contribution in [-0.2, 0) is 11.3 Å². The first kappa shape index (κ1) is 16.1. The third-order valence-electron chi connectivity index (χ3n) is 3.15. The molecule has 1 aromatic rings. The van der Waals surface area contributed by atoms with Crippen molar-refractivity contribution < 1.29 is 9.59 Å². The molecule has 2 amide bonds. The number of anilines is 1. The van der Waals surface area contributed by atoms with Gasteiger partial charge >= 0.3 is 0 Å². The summed E-state index contributed by atoms with van der Waals surface area (Å²) >= 11 is 0. The molecule has 0 spiro atoms. The third kappa shape index (κ3) is 3.76. The quantitative estimate of drug-likeness (QED) is 0.725. The first-order valence-electron chi connectivity index (χ1n) is 6.78. The number of amides is 2. The van der Waals surface area contributed by atoms with Gasteiger partial charge in [-0.1, -0.05) is 6.92 Å². The van der Waals surface area contributed by atoms with Crippen LogP contribution < -0.4 is 16.4 Å². The molecule has 1 rings (SSSR count). The molecule has 0 atom stereocenters. The lowest BCUT2D eigenvalue weighted by Gasteiger charge is -2.22. The van der Waals surface area contributed by atoms with Gasteiger partial charge in [0.05, 0.1) is 11.1 Å². The number of nitrogens with one attached hydrogen (secondary N) is 2. The third-order valence-corrected chi connectivity index (χ3v) is 3.15. The van der Waals surface area contributed by atoms with E-state index in [2.05, 4.69) is 10.6 Å². The molecule has 1 aromatic heterocycles. The van der Waals surface area contributed by atoms with Crippen molar-refractivity contribution in [2.45, 2.75) is 33.7 Å². The van der Waals surface area contributed by atoms with Crippen molar-refractivity contribution >= 4 is 17.5 Å². The van der Waals surface area contributed by atoms with Crippen molar-refractivity contribution in [2.75, 3.05) is 19.3 Å². The SMILES string of the molecule is CCCn1cc(N)cc1C(=O)NCC(C)(C)C(=O)NC. The Balaban J connectivity index is 2.75. The van der Waals surface area contributed by atoms with Crippen LogP contribution in [0.5, 0.6) is 0 Å². The van der Waals surface area contributed by atoms with Gasteiger partial charge in [-0.25, -0.2) is 0 Å². The van der Waals surface area contributed by atoms with E-state index >= 15 is 0 Å². The Hall–Kier alpha value is -1.98. The molecule has 1 heterocycles. The number of hydrogen-bond acceptors (Lipinski definition) is 3. The highest BCUT2D eigenvalue weighted by molar-refractivity contribution is 5.94. The van der Waals surface area contributed by atoms with Gasteiger partial charge in [-0.15, -0.1) is 0 Å². The summed E-state index contributed by atoms with van der Waals surface area (Å²) in [4.78, 5) is 23.9. The van der Waals surface area contributed by atoms with E-state index < -0.39 is 5.41 Å². The molecule has 0 saturated heterocycles. The standard InChI is InChI=1S/C14H24N4O2/c1-5-6-18-8-10(15)7-11(18)12(19)17-9-14(2,3)13(20)16-4/h7-8H,5-6,9,15H2,1-4H3,(H,16,20)(H,17,19). The number of carbonyl (C=O) groups is 2. The topological polar surface area (TPSA) is 89.2 Å². The smallest absolute Gasteiger partial charge is 0.268 e. The monoisotopic (exact) mass is 280 g/mol. The number of rotatable bonds is 6. The van der Waals surface area contributed by atoms with Crippen LogP contribution in [0.1, 0.15) is 37.7 Å². The van der Waals surface area contributed by atoms with E-state index in [1.54, 1.807) is 33.2 Å². The van der Waals surface area contributed by atoms with Crippen LogP contribution in [0.25, 0.3) is 0 Å². The Labute approximate surface area is 119 Å². The van der Waals surface area contributed by atoms with Crippen molar-refractivity contribution in [3.63, 3.8) is 0 Å². The molecule has 0 unspecified atom stereocenters. The van der Waals surface area contributed by atoms with E-state index in [0.29, 0.717) is 11.4 Å². The summed E-state index contributed by atoms with van der Waals surface area (Å²) in [6.45, 7) is 6.60. The first-order valence-corrected chi connectivity index (χ1v) is 6.78. The molecule has 0 bridgehead atoms. The van der Waals surface area contributed by atoms with E-state index in [1.165, 1.54) is 0 Å². The highest BCUT2D eigenvalue weighted by Crippen LogP contribution is 2.15. The van der Waals surface area contributed by atoms with E-state index in [1.807, 2.05) is 11.5 Å². The molecule has 6 heteroatoms. The van der Waals surface area contributed by atoms with Crippen LogP contribution in [-0.4, -0.2) is 30.0 Å². The van der Waals surface area contributed by atoms with Gasteiger partial charge in [0.15, 0.2) is 0 Å². The van der Waals surface area contributed by atoms with Gasteiger partial charge in [0, 0.05) is 26.3 Å². The molecule has 20 heavy (non-hydrogen) atoms. The molecule has 0 fully saturated rings. The van der Waals surface area contributed by atoms with Crippen LogP contribution in [0.3, 0.4) is 0 Å². The van der Waals surface area contributed by atoms with Crippen molar-refractivity contribution in [2.24, 2.45) is 5.41 Å². The summed E-state index contributed by atoms with van der Waals surface area (Å²) in [5.41, 5.74) is 6.17. The predicted molar refractivity (Wildman–Crippen MR) is 79.3 cm³/mol. The zero-order valence-corrected chi connectivity index (χ0v) is 12.6. The first-order chi connectivity index (χ1) is 9.31. The maximum absolute atomic E-state index is 12.2.